The van der Waals surface area contributed by atoms with Crippen LogP contribution >= 0.6 is 27.7 Å². The van der Waals surface area contributed by atoms with Crippen LogP contribution in [0.25, 0.3) is 0 Å². The van der Waals surface area contributed by atoms with E-state index in [0.29, 0.717) is 5.75 Å². The molecule has 0 saturated heterocycles. The smallest absolute Gasteiger partial charge is 0.234 e. The van der Waals surface area contributed by atoms with Crippen molar-refractivity contribution in [3.05, 3.63) is 52.5 Å². The molecule has 5 heteroatoms. The number of thioether (sulfide) groups is 1. The van der Waals surface area contributed by atoms with Crippen molar-refractivity contribution in [1.82, 2.24) is 0 Å². The third kappa shape index (κ3) is 4.02. The second-order valence-corrected chi connectivity index (χ2v) is 6.25. The average Bonchev–Trinajstić information content (AvgIpc) is 2.40. The number of carbonyl (C=O) groups excluding carboxylic acids is 1. The minimum absolute atomic E-state index is 0.0325. The molecule has 0 unspecified atom stereocenters. The van der Waals surface area contributed by atoms with Crippen molar-refractivity contribution in [2.24, 2.45) is 0 Å². The molecule has 2 aromatic carbocycles. The molecule has 0 atom stereocenters. The number of nitrogens with one attached hydrogen (secondary N) is 1. The molecule has 0 saturated carbocycles. The van der Waals surface area contributed by atoms with E-state index in [1.807, 2.05) is 49.4 Å². The van der Waals surface area contributed by atoms with Gasteiger partial charge in [0.25, 0.3) is 0 Å². The Morgan fingerprint density at radius 3 is 2.80 bits per heavy atom. The van der Waals surface area contributed by atoms with Gasteiger partial charge in [0.15, 0.2) is 0 Å². The largest absolute Gasteiger partial charge is 0.398 e. The fourth-order valence-corrected chi connectivity index (χ4v) is 2.96. The number of anilines is 2. The molecule has 104 valence electrons. The Kier molecular flexibility index (Phi) is 5.09. The van der Waals surface area contributed by atoms with E-state index in [4.69, 9.17) is 5.73 Å². The van der Waals surface area contributed by atoms with Gasteiger partial charge >= 0.3 is 0 Å². The Labute approximate surface area is 131 Å². The van der Waals surface area contributed by atoms with E-state index in [1.54, 1.807) is 0 Å². The predicted octanol–water partition coefficient (Wildman–Crippen LogP) is 4.07. The Bertz CT molecular complexity index is 631. The first kappa shape index (κ1) is 14.9. The number of rotatable bonds is 4. The van der Waals surface area contributed by atoms with Crippen molar-refractivity contribution >= 4 is 45.0 Å². The van der Waals surface area contributed by atoms with Gasteiger partial charge in [0.2, 0.25) is 5.91 Å². The number of amides is 1. The maximum atomic E-state index is 11.9. The summed E-state index contributed by atoms with van der Waals surface area (Å²) in [5, 5.41) is 2.87. The molecule has 0 spiro atoms. The molecule has 0 aromatic heterocycles. The van der Waals surface area contributed by atoms with Crippen LogP contribution < -0.4 is 11.1 Å². The van der Waals surface area contributed by atoms with Crippen molar-refractivity contribution in [1.29, 1.82) is 0 Å². The van der Waals surface area contributed by atoms with E-state index >= 15 is 0 Å². The van der Waals surface area contributed by atoms with Crippen molar-refractivity contribution in [3.63, 3.8) is 0 Å². The Balaban J connectivity index is 1.94. The zero-order valence-corrected chi connectivity index (χ0v) is 13.4. The summed E-state index contributed by atoms with van der Waals surface area (Å²) >= 11 is 4.86. The summed E-state index contributed by atoms with van der Waals surface area (Å²) in [6, 6.07) is 13.3. The van der Waals surface area contributed by atoms with Gasteiger partial charge in [-0.3, -0.25) is 4.79 Å². The quantitative estimate of drug-likeness (QED) is 0.645. The van der Waals surface area contributed by atoms with Gasteiger partial charge in [-0.05, 0) is 42.8 Å². The highest BCUT2D eigenvalue weighted by Gasteiger charge is 2.07. The van der Waals surface area contributed by atoms with Crippen molar-refractivity contribution in [2.75, 3.05) is 16.8 Å². The van der Waals surface area contributed by atoms with E-state index < -0.39 is 0 Å². The summed E-state index contributed by atoms with van der Waals surface area (Å²) in [4.78, 5) is 13.0. The van der Waals surface area contributed by atoms with Gasteiger partial charge in [0.05, 0.1) is 5.75 Å². The van der Waals surface area contributed by atoms with E-state index in [0.717, 1.165) is 26.3 Å². The Morgan fingerprint density at radius 2 is 2.05 bits per heavy atom. The molecule has 0 fully saturated rings. The molecule has 2 rings (SSSR count). The molecule has 3 N–H and O–H groups in total. The molecule has 1 amide bonds. The molecule has 0 bridgehead atoms. The Morgan fingerprint density at radius 1 is 1.30 bits per heavy atom. The number of hydrogen-bond donors (Lipinski definition) is 2. The first-order valence-corrected chi connectivity index (χ1v) is 7.87. The third-order valence-electron chi connectivity index (χ3n) is 2.79. The van der Waals surface area contributed by atoms with Crippen molar-refractivity contribution in [2.45, 2.75) is 11.8 Å². The van der Waals surface area contributed by atoms with Gasteiger partial charge in [-0.2, -0.15) is 0 Å². The van der Waals surface area contributed by atoms with Crippen LogP contribution in [0.5, 0.6) is 0 Å². The molecular formula is C15H15BrN2OS. The van der Waals surface area contributed by atoms with Crippen LogP contribution in [0, 0.1) is 6.92 Å². The van der Waals surface area contributed by atoms with Crippen LogP contribution in [-0.4, -0.2) is 11.7 Å². The topological polar surface area (TPSA) is 55.1 Å². The lowest BCUT2D eigenvalue weighted by Gasteiger charge is -2.08. The van der Waals surface area contributed by atoms with Gasteiger partial charge in [-0.15, -0.1) is 11.8 Å². The van der Waals surface area contributed by atoms with Gasteiger partial charge in [0.1, 0.15) is 0 Å². The summed E-state index contributed by atoms with van der Waals surface area (Å²) in [6.45, 7) is 1.96. The number of carbonyl (C=O) groups is 1. The van der Waals surface area contributed by atoms with Gasteiger partial charge in [-0.25, -0.2) is 0 Å². The van der Waals surface area contributed by atoms with Crippen LogP contribution in [0.3, 0.4) is 0 Å². The lowest BCUT2D eigenvalue weighted by Crippen LogP contribution is -2.14. The molecule has 0 radical (unpaired) electrons. The monoisotopic (exact) mass is 350 g/mol. The van der Waals surface area contributed by atoms with Crippen LogP contribution in [0.4, 0.5) is 11.4 Å². The standard InChI is InChI=1S/C15H15BrN2OS/c1-10-13(17)6-3-7-14(10)20-9-15(19)18-12-5-2-4-11(16)8-12/h2-8H,9,17H2,1H3,(H,18,19). The minimum Gasteiger partial charge on any atom is -0.398 e. The number of halogens is 1. The van der Waals surface area contributed by atoms with Crippen LogP contribution in [0.1, 0.15) is 5.56 Å². The second-order valence-electron chi connectivity index (χ2n) is 4.32. The highest BCUT2D eigenvalue weighted by molar-refractivity contribution is 9.10. The van der Waals surface area contributed by atoms with Crippen molar-refractivity contribution in [3.8, 4) is 0 Å². The number of nitrogens with two attached hydrogens (primary N) is 1. The van der Waals surface area contributed by atoms with Crippen molar-refractivity contribution < 1.29 is 4.79 Å². The van der Waals surface area contributed by atoms with Gasteiger partial charge in [0, 0.05) is 20.7 Å². The lowest BCUT2D eigenvalue weighted by molar-refractivity contribution is -0.113. The molecular weight excluding hydrogens is 336 g/mol. The summed E-state index contributed by atoms with van der Waals surface area (Å²) in [6.07, 6.45) is 0. The second kappa shape index (κ2) is 6.81. The summed E-state index contributed by atoms with van der Waals surface area (Å²) in [5.74, 6) is 0.325. The number of benzene rings is 2. The fraction of sp³-hybridized carbons (Fsp3) is 0.133. The average molecular weight is 351 g/mol. The zero-order chi connectivity index (χ0) is 14.5. The van der Waals surface area contributed by atoms with Crippen LogP contribution in [0.15, 0.2) is 51.8 Å². The maximum Gasteiger partial charge on any atom is 0.234 e. The fourth-order valence-electron chi connectivity index (χ4n) is 1.69. The molecule has 0 heterocycles. The van der Waals surface area contributed by atoms with E-state index in [1.165, 1.54) is 11.8 Å². The lowest BCUT2D eigenvalue weighted by atomic mass is 10.2. The molecule has 0 aliphatic rings. The minimum atomic E-state index is -0.0325. The first-order valence-electron chi connectivity index (χ1n) is 6.09. The van der Waals surface area contributed by atoms with E-state index in [-0.39, 0.29) is 5.91 Å². The summed E-state index contributed by atoms with van der Waals surface area (Å²) < 4.78 is 0.939. The molecule has 0 aliphatic carbocycles. The first-order chi connectivity index (χ1) is 9.56. The SMILES string of the molecule is Cc1c(N)cccc1SCC(=O)Nc1cccc(Br)c1. The molecule has 2 aromatic rings. The predicted molar refractivity (Wildman–Crippen MR) is 89.1 cm³/mol. The van der Waals surface area contributed by atoms with E-state index in [9.17, 15) is 4.79 Å². The molecule has 0 aliphatic heterocycles. The normalized spacial score (nSPS) is 10.3. The number of hydrogen-bond acceptors (Lipinski definition) is 3. The van der Waals surface area contributed by atoms with Crippen LogP contribution in [0.2, 0.25) is 0 Å². The molecule has 20 heavy (non-hydrogen) atoms. The van der Waals surface area contributed by atoms with Gasteiger partial charge in [-0.1, -0.05) is 28.1 Å². The third-order valence-corrected chi connectivity index (χ3v) is 4.45. The summed E-state index contributed by atoms with van der Waals surface area (Å²) in [7, 11) is 0. The maximum absolute atomic E-state index is 11.9. The molecule has 3 nitrogen and oxygen atoms in total. The Hall–Kier alpha value is -1.46. The highest BCUT2D eigenvalue weighted by atomic mass is 79.9. The zero-order valence-electron chi connectivity index (χ0n) is 11.0. The van der Waals surface area contributed by atoms with Crippen LogP contribution in [-0.2, 0) is 4.79 Å². The van der Waals surface area contributed by atoms with Gasteiger partial charge < -0.3 is 11.1 Å². The van der Waals surface area contributed by atoms with E-state index in [2.05, 4.69) is 21.2 Å². The summed E-state index contributed by atoms with van der Waals surface area (Å²) in [5.41, 5.74) is 8.41. The number of nitrogen functional groups attached to an aromatic ring is 1. The highest BCUT2D eigenvalue weighted by Crippen LogP contribution is 2.26.